The van der Waals surface area contributed by atoms with Crippen molar-refractivity contribution in [3.8, 4) is 0 Å². The fraction of sp³-hybridized carbons (Fsp3) is 0.611. The molecule has 1 aliphatic rings. The van der Waals surface area contributed by atoms with Crippen LogP contribution in [0, 0.1) is 0 Å². The molecule has 6 heteroatoms. The summed E-state index contributed by atoms with van der Waals surface area (Å²) >= 11 is 6.01. The van der Waals surface area contributed by atoms with Gasteiger partial charge in [0, 0.05) is 43.8 Å². The van der Waals surface area contributed by atoms with E-state index in [4.69, 9.17) is 16.3 Å². The van der Waals surface area contributed by atoms with E-state index in [1.54, 1.807) is 7.05 Å². The molecule has 2 rings (SSSR count). The van der Waals surface area contributed by atoms with Gasteiger partial charge in [-0.05, 0) is 38.0 Å². The summed E-state index contributed by atoms with van der Waals surface area (Å²) in [5.74, 6) is 0.838. The SMILES string of the molecule is CN=C(NCCc1cccc(Cl)c1)NCC(C)N1CCOCC1C. The highest BCUT2D eigenvalue weighted by molar-refractivity contribution is 6.30. The summed E-state index contributed by atoms with van der Waals surface area (Å²) in [6.45, 7) is 8.77. The van der Waals surface area contributed by atoms with Gasteiger partial charge in [-0.25, -0.2) is 0 Å². The molecule has 1 heterocycles. The van der Waals surface area contributed by atoms with Crippen LogP contribution in [0.5, 0.6) is 0 Å². The summed E-state index contributed by atoms with van der Waals surface area (Å²) in [6.07, 6.45) is 0.914. The van der Waals surface area contributed by atoms with Gasteiger partial charge in [-0.3, -0.25) is 9.89 Å². The van der Waals surface area contributed by atoms with Crippen molar-refractivity contribution in [2.75, 3.05) is 39.9 Å². The number of guanidine groups is 1. The standard InChI is InChI=1S/C18H29ClN4O/c1-14(23-9-10-24-13-15(23)2)12-22-18(20-3)21-8-7-16-5-4-6-17(19)11-16/h4-6,11,14-15H,7-10,12-13H2,1-3H3,(H2,20,21,22). The second-order valence-corrected chi connectivity index (χ2v) is 6.71. The quantitative estimate of drug-likeness (QED) is 0.608. The highest BCUT2D eigenvalue weighted by Gasteiger charge is 2.23. The number of hydrogen-bond acceptors (Lipinski definition) is 3. The fourth-order valence-corrected chi connectivity index (χ4v) is 3.21. The summed E-state index contributed by atoms with van der Waals surface area (Å²) in [5, 5.41) is 7.56. The van der Waals surface area contributed by atoms with Crippen LogP contribution < -0.4 is 10.6 Å². The molecule has 2 unspecified atom stereocenters. The highest BCUT2D eigenvalue weighted by atomic mass is 35.5. The lowest BCUT2D eigenvalue weighted by Gasteiger charge is -2.38. The van der Waals surface area contributed by atoms with Crippen LogP contribution in [0.25, 0.3) is 0 Å². The molecular formula is C18H29ClN4O. The molecule has 1 fully saturated rings. The van der Waals surface area contributed by atoms with Crippen molar-refractivity contribution in [2.24, 2.45) is 4.99 Å². The Kier molecular flexibility index (Phi) is 7.82. The first-order valence-corrected chi connectivity index (χ1v) is 9.00. The molecule has 134 valence electrons. The minimum Gasteiger partial charge on any atom is -0.379 e. The Labute approximate surface area is 150 Å². The van der Waals surface area contributed by atoms with Gasteiger partial charge in [-0.15, -0.1) is 0 Å². The zero-order valence-electron chi connectivity index (χ0n) is 14.9. The zero-order chi connectivity index (χ0) is 17.4. The first-order valence-electron chi connectivity index (χ1n) is 8.62. The van der Waals surface area contributed by atoms with E-state index < -0.39 is 0 Å². The predicted molar refractivity (Wildman–Crippen MR) is 101 cm³/mol. The van der Waals surface area contributed by atoms with Crippen molar-refractivity contribution in [1.82, 2.24) is 15.5 Å². The number of halogens is 1. The lowest BCUT2D eigenvalue weighted by molar-refractivity contribution is -0.0174. The smallest absolute Gasteiger partial charge is 0.191 e. The molecule has 1 aromatic rings. The van der Waals surface area contributed by atoms with Crippen LogP contribution >= 0.6 is 11.6 Å². The normalized spacial score (nSPS) is 20.7. The summed E-state index contributed by atoms with van der Waals surface area (Å²) in [4.78, 5) is 6.78. The van der Waals surface area contributed by atoms with E-state index in [-0.39, 0.29) is 0 Å². The lowest BCUT2D eigenvalue weighted by atomic mass is 10.1. The molecule has 1 aliphatic heterocycles. The molecule has 1 aromatic carbocycles. The van der Waals surface area contributed by atoms with Crippen LogP contribution in [0.3, 0.4) is 0 Å². The second kappa shape index (κ2) is 9.87. The Balaban J connectivity index is 1.72. The van der Waals surface area contributed by atoms with E-state index in [1.165, 1.54) is 5.56 Å². The average molecular weight is 353 g/mol. The minimum atomic E-state index is 0.440. The fourth-order valence-electron chi connectivity index (χ4n) is 2.99. The Morgan fingerprint density at radius 1 is 1.46 bits per heavy atom. The first-order chi connectivity index (χ1) is 11.6. The number of hydrogen-bond donors (Lipinski definition) is 2. The van der Waals surface area contributed by atoms with Crippen LogP contribution in [0.4, 0.5) is 0 Å². The van der Waals surface area contributed by atoms with Crippen LogP contribution in [-0.4, -0.2) is 62.8 Å². The van der Waals surface area contributed by atoms with E-state index in [9.17, 15) is 0 Å². The lowest BCUT2D eigenvalue weighted by Crippen LogP contribution is -2.53. The van der Waals surface area contributed by atoms with Crippen molar-refractivity contribution >= 4 is 17.6 Å². The minimum absolute atomic E-state index is 0.440. The number of benzene rings is 1. The molecule has 0 aliphatic carbocycles. The van der Waals surface area contributed by atoms with Crippen molar-refractivity contribution in [2.45, 2.75) is 32.4 Å². The van der Waals surface area contributed by atoms with Crippen molar-refractivity contribution < 1.29 is 4.74 Å². The topological polar surface area (TPSA) is 48.9 Å². The zero-order valence-corrected chi connectivity index (χ0v) is 15.6. The Bertz CT molecular complexity index is 538. The van der Waals surface area contributed by atoms with E-state index in [0.29, 0.717) is 12.1 Å². The van der Waals surface area contributed by atoms with Crippen molar-refractivity contribution in [3.05, 3.63) is 34.9 Å². The molecular weight excluding hydrogens is 324 g/mol. The maximum Gasteiger partial charge on any atom is 0.191 e. The average Bonchev–Trinajstić information content (AvgIpc) is 2.58. The molecule has 24 heavy (non-hydrogen) atoms. The van der Waals surface area contributed by atoms with Gasteiger partial charge in [0.1, 0.15) is 0 Å². The number of nitrogens with one attached hydrogen (secondary N) is 2. The third-order valence-electron chi connectivity index (χ3n) is 4.37. The molecule has 2 N–H and O–H groups in total. The highest BCUT2D eigenvalue weighted by Crippen LogP contribution is 2.11. The van der Waals surface area contributed by atoms with Crippen LogP contribution in [0.2, 0.25) is 5.02 Å². The molecule has 0 radical (unpaired) electrons. The molecule has 5 nitrogen and oxygen atoms in total. The largest absolute Gasteiger partial charge is 0.379 e. The van der Waals surface area contributed by atoms with E-state index in [1.807, 2.05) is 18.2 Å². The van der Waals surface area contributed by atoms with Crippen LogP contribution in [-0.2, 0) is 11.2 Å². The van der Waals surface area contributed by atoms with Crippen LogP contribution in [0.15, 0.2) is 29.3 Å². The van der Waals surface area contributed by atoms with Crippen molar-refractivity contribution in [1.29, 1.82) is 0 Å². The van der Waals surface area contributed by atoms with Gasteiger partial charge in [0.25, 0.3) is 0 Å². The Morgan fingerprint density at radius 3 is 3.00 bits per heavy atom. The second-order valence-electron chi connectivity index (χ2n) is 6.27. The molecule has 0 bridgehead atoms. The van der Waals surface area contributed by atoms with Crippen LogP contribution in [0.1, 0.15) is 19.4 Å². The number of aliphatic imine (C=N–C) groups is 1. The Morgan fingerprint density at radius 2 is 2.29 bits per heavy atom. The molecule has 2 atom stereocenters. The molecule has 0 saturated carbocycles. The van der Waals surface area contributed by atoms with Gasteiger partial charge in [0.2, 0.25) is 0 Å². The summed E-state index contributed by atoms with van der Waals surface area (Å²) in [6, 6.07) is 8.87. The number of ether oxygens (including phenoxy) is 1. The first kappa shape index (κ1) is 19.0. The van der Waals surface area contributed by atoms with Gasteiger partial charge in [0.05, 0.1) is 13.2 Å². The maximum atomic E-state index is 6.01. The third-order valence-corrected chi connectivity index (χ3v) is 4.60. The maximum absolute atomic E-state index is 6.01. The van der Waals surface area contributed by atoms with Crippen molar-refractivity contribution in [3.63, 3.8) is 0 Å². The molecule has 1 saturated heterocycles. The predicted octanol–water partition coefficient (Wildman–Crippen LogP) is 2.16. The monoisotopic (exact) mass is 352 g/mol. The summed E-state index contributed by atoms with van der Waals surface area (Å²) in [7, 11) is 1.80. The molecule has 0 amide bonds. The molecule has 0 spiro atoms. The van der Waals surface area contributed by atoms with E-state index in [2.05, 4.69) is 40.4 Å². The van der Waals surface area contributed by atoms with Gasteiger partial charge in [-0.1, -0.05) is 23.7 Å². The van der Waals surface area contributed by atoms with Gasteiger partial charge < -0.3 is 15.4 Å². The van der Waals surface area contributed by atoms with E-state index in [0.717, 1.165) is 50.3 Å². The van der Waals surface area contributed by atoms with Gasteiger partial charge in [0.15, 0.2) is 5.96 Å². The third kappa shape index (κ3) is 5.96. The van der Waals surface area contributed by atoms with E-state index >= 15 is 0 Å². The summed E-state index contributed by atoms with van der Waals surface area (Å²) in [5.41, 5.74) is 1.22. The number of morpholine rings is 1. The van der Waals surface area contributed by atoms with Gasteiger partial charge >= 0.3 is 0 Å². The number of rotatable bonds is 6. The summed E-state index contributed by atoms with van der Waals surface area (Å²) < 4.78 is 5.50. The molecule has 0 aromatic heterocycles. The van der Waals surface area contributed by atoms with Gasteiger partial charge in [-0.2, -0.15) is 0 Å². The Hall–Kier alpha value is -1.30. The number of nitrogens with zero attached hydrogens (tertiary/aromatic N) is 2.